The lowest BCUT2D eigenvalue weighted by molar-refractivity contribution is 0.196. The highest BCUT2D eigenvalue weighted by molar-refractivity contribution is 6.31. The van der Waals surface area contributed by atoms with Crippen molar-refractivity contribution < 1.29 is 0 Å². The summed E-state index contributed by atoms with van der Waals surface area (Å²) in [5, 5.41) is 0.775. The molecule has 0 saturated heterocycles. The first-order valence-corrected chi connectivity index (χ1v) is 7.17. The summed E-state index contributed by atoms with van der Waals surface area (Å²) in [4.78, 5) is 0. The first-order valence-electron chi connectivity index (χ1n) is 6.79. The molecule has 3 rings (SSSR count). The van der Waals surface area contributed by atoms with Crippen molar-refractivity contribution in [1.82, 2.24) is 0 Å². The van der Waals surface area contributed by atoms with Gasteiger partial charge in [-0.3, -0.25) is 0 Å². The summed E-state index contributed by atoms with van der Waals surface area (Å²) in [6, 6.07) is 18.5. The van der Waals surface area contributed by atoms with Crippen molar-refractivity contribution in [2.45, 2.75) is 30.7 Å². The molecule has 1 atom stereocenters. The molecule has 0 aliphatic heterocycles. The summed E-state index contributed by atoms with van der Waals surface area (Å²) in [6.07, 6.45) is 3.53. The molecule has 0 amide bonds. The summed E-state index contributed by atoms with van der Waals surface area (Å²) >= 11 is 6.31. The highest BCUT2D eigenvalue weighted by Crippen LogP contribution is 2.51. The highest BCUT2D eigenvalue weighted by atomic mass is 35.5. The van der Waals surface area contributed by atoms with Crippen LogP contribution >= 0.6 is 11.6 Å². The van der Waals surface area contributed by atoms with Gasteiger partial charge in [0.2, 0.25) is 0 Å². The monoisotopic (exact) mass is 271 g/mol. The molecular weight excluding hydrogens is 254 g/mol. The van der Waals surface area contributed by atoms with Crippen LogP contribution in [0.4, 0.5) is 0 Å². The predicted octanol–water partition coefficient (Wildman–Crippen LogP) is 4.46. The van der Waals surface area contributed by atoms with Gasteiger partial charge >= 0.3 is 0 Å². The largest absolute Gasteiger partial charge is 0.323 e. The van der Waals surface area contributed by atoms with E-state index in [2.05, 4.69) is 36.4 Å². The zero-order valence-electron chi connectivity index (χ0n) is 10.9. The first kappa shape index (κ1) is 12.7. The van der Waals surface area contributed by atoms with E-state index in [0.717, 1.165) is 23.4 Å². The van der Waals surface area contributed by atoms with Crippen LogP contribution in [0.1, 0.15) is 36.4 Å². The van der Waals surface area contributed by atoms with E-state index in [4.69, 9.17) is 17.3 Å². The fourth-order valence-electron chi connectivity index (χ4n) is 3.13. The quantitative estimate of drug-likeness (QED) is 0.876. The Balaban J connectivity index is 2.02. The first-order chi connectivity index (χ1) is 9.24. The van der Waals surface area contributed by atoms with Crippen molar-refractivity contribution >= 4 is 11.6 Å². The van der Waals surface area contributed by atoms with Crippen LogP contribution in [0.15, 0.2) is 54.6 Å². The van der Waals surface area contributed by atoms with E-state index < -0.39 is 0 Å². The molecule has 2 heteroatoms. The molecule has 2 aromatic rings. The Kier molecular flexibility index (Phi) is 3.34. The molecular formula is C17H18ClN. The second-order valence-electron chi connectivity index (χ2n) is 5.37. The Morgan fingerprint density at radius 3 is 2.16 bits per heavy atom. The minimum Gasteiger partial charge on any atom is -0.323 e. The van der Waals surface area contributed by atoms with E-state index in [1.54, 1.807) is 0 Å². The van der Waals surface area contributed by atoms with Gasteiger partial charge in [0.25, 0.3) is 0 Å². The molecule has 1 fully saturated rings. The third-order valence-electron chi connectivity index (χ3n) is 4.43. The number of hydrogen-bond donors (Lipinski definition) is 1. The molecule has 1 aliphatic rings. The van der Waals surface area contributed by atoms with Gasteiger partial charge in [-0.05, 0) is 30.0 Å². The number of hydrogen-bond acceptors (Lipinski definition) is 1. The summed E-state index contributed by atoms with van der Waals surface area (Å²) in [7, 11) is 0. The molecule has 98 valence electrons. The van der Waals surface area contributed by atoms with Crippen LogP contribution in [0, 0.1) is 0 Å². The van der Waals surface area contributed by atoms with Gasteiger partial charge in [-0.25, -0.2) is 0 Å². The molecule has 0 spiro atoms. The molecule has 2 aromatic carbocycles. The average Bonchev–Trinajstić information content (AvgIpc) is 2.39. The van der Waals surface area contributed by atoms with E-state index >= 15 is 0 Å². The molecule has 1 saturated carbocycles. The van der Waals surface area contributed by atoms with Crippen LogP contribution in [0.25, 0.3) is 0 Å². The minimum absolute atomic E-state index is 0.0302. The lowest BCUT2D eigenvalue weighted by Gasteiger charge is -2.47. The maximum atomic E-state index is 6.58. The van der Waals surface area contributed by atoms with E-state index in [-0.39, 0.29) is 11.5 Å². The molecule has 19 heavy (non-hydrogen) atoms. The van der Waals surface area contributed by atoms with Crippen molar-refractivity contribution in [2.24, 2.45) is 5.73 Å². The van der Waals surface area contributed by atoms with Crippen LogP contribution in [0.3, 0.4) is 0 Å². The normalized spacial score (nSPS) is 18.6. The van der Waals surface area contributed by atoms with Crippen LogP contribution in [0.2, 0.25) is 5.02 Å². The van der Waals surface area contributed by atoms with E-state index in [0.29, 0.717) is 0 Å². The van der Waals surface area contributed by atoms with Crippen molar-refractivity contribution in [1.29, 1.82) is 0 Å². The van der Waals surface area contributed by atoms with Crippen molar-refractivity contribution in [2.75, 3.05) is 0 Å². The molecule has 0 bridgehead atoms. The predicted molar refractivity (Wildman–Crippen MR) is 80.4 cm³/mol. The van der Waals surface area contributed by atoms with Crippen LogP contribution in [0.5, 0.6) is 0 Å². The fourth-order valence-corrected chi connectivity index (χ4v) is 3.39. The minimum atomic E-state index is -0.0302. The lowest BCUT2D eigenvalue weighted by Crippen LogP contribution is -2.44. The number of rotatable bonds is 3. The molecule has 0 radical (unpaired) electrons. The van der Waals surface area contributed by atoms with E-state index in [9.17, 15) is 0 Å². The Morgan fingerprint density at radius 1 is 0.947 bits per heavy atom. The van der Waals surface area contributed by atoms with E-state index in [1.807, 2.05) is 18.2 Å². The maximum Gasteiger partial charge on any atom is 0.0454 e. The van der Waals surface area contributed by atoms with Crippen molar-refractivity contribution in [3.05, 3.63) is 70.7 Å². The van der Waals surface area contributed by atoms with Gasteiger partial charge in [0.15, 0.2) is 0 Å². The number of nitrogens with two attached hydrogens (primary N) is 1. The van der Waals surface area contributed by atoms with Gasteiger partial charge in [0.1, 0.15) is 0 Å². The van der Waals surface area contributed by atoms with Crippen molar-refractivity contribution in [3.63, 3.8) is 0 Å². The zero-order valence-corrected chi connectivity index (χ0v) is 11.6. The average molecular weight is 272 g/mol. The van der Waals surface area contributed by atoms with Gasteiger partial charge in [0.05, 0.1) is 0 Å². The summed E-state index contributed by atoms with van der Waals surface area (Å²) in [6.45, 7) is 0. The second kappa shape index (κ2) is 4.99. The maximum absolute atomic E-state index is 6.58. The molecule has 1 aliphatic carbocycles. The Bertz CT molecular complexity index is 560. The number of halogens is 1. The van der Waals surface area contributed by atoms with Gasteiger partial charge in [-0.1, -0.05) is 66.6 Å². The van der Waals surface area contributed by atoms with Crippen LogP contribution in [-0.2, 0) is 5.41 Å². The van der Waals surface area contributed by atoms with Crippen LogP contribution < -0.4 is 5.73 Å². The zero-order chi connectivity index (χ0) is 13.3. The fraction of sp³-hybridized carbons (Fsp3) is 0.294. The molecule has 0 aromatic heterocycles. The highest BCUT2D eigenvalue weighted by Gasteiger charge is 2.44. The molecule has 1 unspecified atom stereocenters. The summed E-state index contributed by atoms with van der Waals surface area (Å²) in [5.41, 5.74) is 9.05. The summed E-state index contributed by atoms with van der Waals surface area (Å²) in [5.74, 6) is 0. The Morgan fingerprint density at radius 2 is 1.58 bits per heavy atom. The molecule has 1 nitrogen and oxygen atoms in total. The van der Waals surface area contributed by atoms with E-state index in [1.165, 1.54) is 12.0 Å². The Labute approximate surface area is 119 Å². The van der Waals surface area contributed by atoms with Gasteiger partial charge in [-0.15, -0.1) is 0 Å². The van der Waals surface area contributed by atoms with Crippen LogP contribution in [-0.4, -0.2) is 0 Å². The second-order valence-corrected chi connectivity index (χ2v) is 5.78. The topological polar surface area (TPSA) is 26.0 Å². The molecule has 0 heterocycles. The lowest BCUT2D eigenvalue weighted by atomic mass is 9.59. The van der Waals surface area contributed by atoms with Gasteiger partial charge in [0, 0.05) is 16.5 Å². The molecule has 2 N–H and O–H groups in total. The third kappa shape index (κ3) is 2.07. The summed E-state index contributed by atoms with van der Waals surface area (Å²) < 4.78 is 0. The number of benzene rings is 2. The van der Waals surface area contributed by atoms with Gasteiger partial charge < -0.3 is 5.73 Å². The smallest absolute Gasteiger partial charge is 0.0454 e. The standard InChI is InChI=1S/C17H18ClN/c18-15-10-5-4-9-14(15)16(19)17(11-6-12-17)13-7-2-1-3-8-13/h1-5,7-10,16H,6,11-12,19H2. The SMILES string of the molecule is NC(c1ccccc1Cl)C1(c2ccccc2)CCC1. The van der Waals surface area contributed by atoms with Gasteiger partial charge in [-0.2, -0.15) is 0 Å². The van der Waals surface area contributed by atoms with Crippen molar-refractivity contribution in [3.8, 4) is 0 Å². The Hall–Kier alpha value is -1.31. The third-order valence-corrected chi connectivity index (χ3v) is 4.77.